The summed E-state index contributed by atoms with van der Waals surface area (Å²) in [5.41, 5.74) is 3.48. The first-order valence-corrected chi connectivity index (χ1v) is 9.86. The number of aliphatic imine (C=N–C) groups is 1. The minimum absolute atomic E-state index is 0.0912. The Hall–Kier alpha value is -2.00. The number of hydrogen-bond acceptors (Lipinski definition) is 6. The molecule has 0 radical (unpaired) electrons. The predicted molar refractivity (Wildman–Crippen MR) is 103 cm³/mol. The molecule has 0 aliphatic heterocycles. The highest BCUT2D eigenvalue weighted by atomic mass is 32.1. The van der Waals surface area contributed by atoms with Gasteiger partial charge >= 0.3 is 0 Å². The van der Waals surface area contributed by atoms with Gasteiger partial charge in [-0.25, -0.2) is 9.97 Å². The van der Waals surface area contributed by atoms with Crippen LogP contribution in [0.3, 0.4) is 0 Å². The Labute approximate surface area is 156 Å². The molecule has 9 heteroatoms. The van der Waals surface area contributed by atoms with Crippen LogP contribution in [0.2, 0.25) is 0 Å². The third kappa shape index (κ3) is 5.79. The van der Waals surface area contributed by atoms with E-state index in [1.54, 1.807) is 16.8 Å². The van der Waals surface area contributed by atoms with Gasteiger partial charge < -0.3 is 15.5 Å². The van der Waals surface area contributed by atoms with Crippen molar-refractivity contribution in [3.05, 3.63) is 32.2 Å². The fourth-order valence-corrected chi connectivity index (χ4v) is 3.52. The molecule has 0 aliphatic rings. The molecule has 1 amide bonds. The highest BCUT2D eigenvalue weighted by molar-refractivity contribution is 7.11. The Bertz CT molecular complexity index is 724. The van der Waals surface area contributed by atoms with Crippen LogP contribution >= 0.6 is 22.7 Å². The van der Waals surface area contributed by atoms with Crippen molar-refractivity contribution in [2.75, 3.05) is 26.7 Å². The SMILES string of the molecule is CCNC(=NCCNC(=O)c1scnc1C)N(C)Cc1csc(C)n1. The van der Waals surface area contributed by atoms with E-state index in [1.807, 2.05) is 32.7 Å². The molecule has 0 aromatic carbocycles. The van der Waals surface area contributed by atoms with Crippen molar-refractivity contribution in [2.24, 2.45) is 4.99 Å². The lowest BCUT2D eigenvalue weighted by molar-refractivity contribution is 0.0958. The molecule has 2 rings (SSSR count). The van der Waals surface area contributed by atoms with Crippen LogP contribution in [0, 0.1) is 13.8 Å². The zero-order valence-corrected chi connectivity index (χ0v) is 16.6. The highest BCUT2D eigenvalue weighted by Crippen LogP contribution is 2.11. The van der Waals surface area contributed by atoms with Crippen molar-refractivity contribution in [3.63, 3.8) is 0 Å². The smallest absolute Gasteiger partial charge is 0.263 e. The number of nitrogens with zero attached hydrogens (tertiary/aromatic N) is 4. The van der Waals surface area contributed by atoms with Crippen LogP contribution in [-0.4, -0.2) is 53.4 Å². The van der Waals surface area contributed by atoms with E-state index in [2.05, 4.69) is 31.0 Å². The number of amides is 1. The molecule has 0 aliphatic carbocycles. The van der Waals surface area contributed by atoms with Crippen molar-refractivity contribution in [1.29, 1.82) is 0 Å². The van der Waals surface area contributed by atoms with Gasteiger partial charge in [-0.1, -0.05) is 0 Å². The van der Waals surface area contributed by atoms with Gasteiger partial charge in [-0.2, -0.15) is 0 Å². The van der Waals surface area contributed by atoms with Crippen LogP contribution in [-0.2, 0) is 6.54 Å². The van der Waals surface area contributed by atoms with Crippen LogP contribution in [0.4, 0.5) is 0 Å². The van der Waals surface area contributed by atoms with Gasteiger partial charge in [-0.05, 0) is 20.8 Å². The summed E-state index contributed by atoms with van der Waals surface area (Å²) in [5.74, 6) is 0.711. The predicted octanol–water partition coefficient (Wildman–Crippen LogP) is 2.04. The molecular weight excluding hydrogens is 356 g/mol. The quantitative estimate of drug-likeness (QED) is 0.436. The summed E-state index contributed by atoms with van der Waals surface area (Å²) in [6.45, 7) is 8.34. The number of aryl methyl sites for hydroxylation is 2. The van der Waals surface area contributed by atoms with E-state index in [-0.39, 0.29) is 5.91 Å². The van der Waals surface area contributed by atoms with Crippen molar-refractivity contribution < 1.29 is 4.79 Å². The molecule has 0 spiro atoms. The van der Waals surface area contributed by atoms with Gasteiger partial charge in [0.15, 0.2) is 5.96 Å². The molecule has 0 saturated heterocycles. The Morgan fingerprint density at radius 3 is 2.72 bits per heavy atom. The fourth-order valence-electron chi connectivity index (χ4n) is 2.20. The molecule has 0 bridgehead atoms. The van der Waals surface area contributed by atoms with Crippen molar-refractivity contribution in [1.82, 2.24) is 25.5 Å². The first-order chi connectivity index (χ1) is 12.0. The lowest BCUT2D eigenvalue weighted by Crippen LogP contribution is -2.39. The lowest BCUT2D eigenvalue weighted by Gasteiger charge is -2.21. The monoisotopic (exact) mass is 380 g/mol. The van der Waals surface area contributed by atoms with E-state index >= 15 is 0 Å². The maximum atomic E-state index is 12.1. The van der Waals surface area contributed by atoms with E-state index in [4.69, 9.17) is 0 Å². The average Bonchev–Trinajstić information content (AvgIpc) is 3.18. The van der Waals surface area contributed by atoms with Gasteiger partial charge in [0, 0.05) is 25.5 Å². The summed E-state index contributed by atoms with van der Waals surface area (Å²) in [7, 11) is 1.98. The van der Waals surface area contributed by atoms with Gasteiger partial charge in [0.2, 0.25) is 0 Å². The zero-order valence-electron chi connectivity index (χ0n) is 15.0. The number of rotatable bonds is 7. The number of carbonyl (C=O) groups is 1. The molecule has 2 heterocycles. The fraction of sp³-hybridized carbons (Fsp3) is 0.500. The van der Waals surface area contributed by atoms with Gasteiger partial charge in [0.25, 0.3) is 5.91 Å². The molecule has 136 valence electrons. The lowest BCUT2D eigenvalue weighted by atomic mass is 10.4. The summed E-state index contributed by atoms with van der Waals surface area (Å²) < 4.78 is 0. The largest absolute Gasteiger partial charge is 0.357 e. The van der Waals surface area contributed by atoms with E-state index in [0.717, 1.165) is 28.9 Å². The van der Waals surface area contributed by atoms with Crippen molar-refractivity contribution in [3.8, 4) is 0 Å². The van der Waals surface area contributed by atoms with Crippen LogP contribution in [0.1, 0.15) is 33.0 Å². The van der Waals surface area contributed by atoms with E-state index in [1.165, 1.54) is 11.3 Å². The standard InChI is InChI=1S/C16H24N6OS2/c1-5-17-16(22(4)8-13-9-24-12(3)21-13)19-7-6-18-15(23)14-11(2)20-10-25-14/h9-10H,5-8H2,1-4H3,(H,17,19)(H,18,23). The molecule has 7 nitrogen and oxygen atoms in total. The first-order valence-electron chi connectivity index (χ1n) is 8.10. The molecule has 2 N–H and O–H groups in total. The van der Waals surface area contributed by atoms with Crippen LogP contribution in [0.5, 0.6) is 0 Å². The van der Waals surface area contributed by atoms with Crippen molar-refractivity contribution in [2.45, 2.75) is 27.3 Å². The summed E-state index contributed by atoms with van der Waals surface area (Å²) in [5, 5.41) is 9.27. The minimum Gasteiger partial charge on any atom is -0.357 e. The topological polar surface area (TPSA) is 82.5 Å². The van der Waals surface area contributed by atoms with Crippen LogP contribution in [0.15, 0.2) is 15.9 Å². The maximum Gasteiger partial charge on any atom is 0.263 e. The van der Waals surface area contributed by atoms with Gasteiger partial charge in [-0.15, -0.1) is 22.7 Å². The third-order valence-corrected chi connectivity index (χ3v) is 5.12. The van der Waals surface area contributed by atoms with Crippen LogP contribution < -0.4 is 10.6 Å². The average molecular weight is 381 g/mol. The maximum absolute atomic E-state index is 12.1. The molecule has 0 unspecified atom stereocenters. The van der Waals surface area contributed by atoms with E-state index in [9.17, 15) is 4.79 Å². The second kappa shape index (κ2) is 9.47. The Kier molecular flexibility index (Phi) is 7.32. The second-order valence-electron chi connectivity index (χ2n) is 5.47. The van der Waals surface area contributed by atoms with Crippen LogP contribution in [0.25, 0.3) is 0 Å². The second-order valence-corrected chi connectivity index (χ2v) is 7.39. The number of nitrogens with one attached hydrogen (secondary N) is 2. The molecule has 2 aromatic rings. The Balaban J connectivity index is 1.86. The molecule has 0 fully saturated rings. The molecule has 0 saturated carbocycles. The number of guanidine groups is 1. The zero-order chi connectivity index (χ0) is 18.2. The third-order valence-electron chi connectivity index (χ3n) is 3.37. The summed E-state index contributed by atoms with van der Waals surface area (Å²) >= 11 is 3.00. The van der Waals surface area contributed by atoms with Gasteiger partial charge in [0.1, 0.15) is 4.88 Å². The number of hydrogen-bond donors (Lipinski definition) is 2. The minimum atomic E-state index is -0.0912. The molecular formula is C16H24N6OS2. The number of carbonyl (C=O) groups excluding carboxylic acids is 1. The van der Waals surface area contributed by atoms with Gasteiger partial charge in [0.05, 0.1) is 35.0 Å². The summed E-state index contributed by atoms with van der Waals surface area (Å²) in [6, 6.07) is 0. The molecule has 0 atom stereocenters. The first kappa shape index (κ1) is 19.3. The Morgan fingerprint density at radius 1 is 1.32 bits per heavy atom. The molecule has 25 heavy (non-hydrogen) atoms. The van der Waals surface area contributed by atoms with E-state index < -0.39 is 0 Å². The number of aromatic nitrogens is 2. The molecule has 2 aromatic heterocycles. The Morgan fingerprint density at radius 2 is 2.12 bits per heavy atom. The van der Waals surface area contributed by atoms with Gasteiger partial charge in [-0.3, -0.25) is 9.79 Å². The normalized spacial score (nSPS) is 11.4. The number of thiazole rings is 2. The van der Waals surface area contributed by atoms with E-state index in [0.29, 0.717) is 24.5 Å². The summed E-state index contributed by atoms with van der Waals surface area (Å²) in [6.07, 6.45) is 0. The van der Waals surface area contributed by atoms with Crippen molar-refractivity contribution >= 4 is 34.5 Å². The summed E-state index contributed by atoms with van der Waals surface area (Å²) in [4.78, 5) is 27.9. The highest BCUT2D eigenvalue weighted by Gasteiger charge is 2.11.